The smallest absolute Gasteiger partial charge is 0.409 e. The number of amides is 2. The van der Waals surface area contributed by atoms with E-state index in [1.54, 1.807) is 52.0 Å². The monoisotopic (exact) mass is 663 g/mol. The second-order valence-electron chi connectivity index (χ2n) is 12.9. The predicted octanol–water partition coefficient (Wildman–Crippen LogP) is 3.62. The number of fused-ring (bicyclic) bond motifs is 5. The molecular formula is C33H46ClN3O9. The second kappa shape index (κ2) is 13.9. The van der Waals surface area contributed by atoms with Crippen LogP contribution >= 0.6 is 11.6 Å². The fourth-order valence-corrected chi connectivity index (χ4v) is 6.37. The quantitative estimate of drug-likeness (QED) is 0.355. The average molecular weight is 664 g/mol. The molecule has 0 radical (unpaired) electrons. The zero-order valence-corrected chi connectivity index (χ0v) is 28.7. The summed E-state index contributed by atoms with van der Waals surface area (Å²) in [5.41, 5.74) is -0.642. The lowest BCUT2D eigenvalue weighted by Gasteiger charge is -2.42. The number of epoxide rings is 1. The Morgan fingerprint density at radius 3 is 2.59 bits per heavy atom. The van der Waals surface area contributed by atoms with Gasteiger partial charge in [0.1, 0.15) is 40.7 Å². The molecule has 12 nitrogen and oxygen atoms in total. The number of carbonyl (C=O) groups excluding carboxylic acids is 3. The van der Waals surface area contributed by atoms with Gasteiger partial charge in [-0.2, -0.15) is 0 Å². The molecule has 0 saturated carbocycles. The third kappa shape index (κ3) is 7.36. The summed E-state index contributed by atoms with van der Waals surface area (Å²) in [6.45, 7) is 7.25. The lowest BCUT2D eigenvalue weighted by Crippen LogP contribution is -2.63. The van der Waals surface area contributed by atoms with E-state index in [4.69, 9.17) is 35.3 Å². The van der Waals surface area contributed by atoms with E-state index in [0.29, 0.717) is 17.9 Å². The van der Waals surface area contributed by atoms with Crippen LogP contribution in [0.1, 0.15) is 46.1 Å². The molecule has 1 aromatic rings. The van der Waals surface area contributed by atoms with E-state index < -0.39 is 59.8 Å². The number of allylic oxidation sites excluding steroid dienone is 3. The fraction of sp³-hybridized carbons (Fsp3) is 0.606. The first kappa shape index (κ1) is 35.7. The maximum Gasteiger partial charge on any atom is 0.409 e. The number of esters is 1. The Morgan fingerprint density at radius 2 is 1.96 bits per heavy atom. The maximum atomic E-state index is 13.9. The number of rotatable bonds is 5. The number of carbonyl (C=O) groups is 3. The van der Waals surface area contributed by atoms with Crippen molar-refractivity contribution in [2.45, 2.75) is 88.7 Å². The summed E-state index contributed by atoms with van der Waals surface area (Å²) in [6, 6.07) is 3.04. The summed E-state index contributed by atoms with van der Waals surface area (Å²) in [4.78, 5) is 43.0. The van der Waals surface area contributed by atoms with Gasteiger partial charge in [-0.15, -0.1) is 0 Å². The third-order valence-corrected chi connectivity index (χ3v) is 9.70. The predicted molar refractivity (Wildman–Crippen MR) is 172 cm³/mol. The number of hydrogen-bond donors (Lipinski definition) is 2. The molecule has 4 rings (SSSR count). The van der Waals surface area contributed by atoms with Crippen molar-refractivity contribution in [2.75, 3.05) is 40.3 Å². The van der Waals surface area contributed by atoms with Crippen molar-refractivity contribution in [3.63, 3.8) is 0 Å². The summed E-state index contributed by atoms with van der Waals surface area (Å²) < 4.78 is 29.0. The molecule has 2 N–H and O–H groups in total. The Bertz CT molecular complexity index is 1400. The summed E-state index contributed by atoms with van der Waals surface area (Å²) in [6.07, 6.45) is 1.53. The second-order valence-corrected chi connectivity index (χ2v) is 13.2. The van der Waals surface area contributed by atoms with Crippen LogP contribution in [0.25, 0.3) is 0 Å². The fourth-order valence-electron chi connectivity index (χ4n) is 6.05. The molecule has 2 amide bonds. The van der Waals surface area contributed by atoms with Crippen LogP contribution in [0.2, 0.25) is 5.02 Å². The lowest BCUT2D eigenvalue weighted by molar-refractivity contribution is -0.158. The van der Waals surface area contributed by atoms with Gasteiger partial charge in [0.2, 0.25) is 5.91 Å². The van der Waals surface area contributed by atoms with Crippen LogP contribution in [0.3, 0.4) is 0 Å². The lowest BCUT2D eigenvalue weighted by atomic mass is 9.83. The minimum Gasteiger partial charge on any atom is -0.495 e. The molecule has 3 heterocycles. The molecule has 2 fully saturated rings. The molecule has 4 bridgehead atoms. The van der Waals surface area contributed by atoms with Crippen LogP contribution < -0.4 is 15.0 Å². The van der Waals surface area contributed by atoms with Gasteiger partial charge in [0.15, 0.2) is 5.72 Å². The Labute approximate surface area is 275 Å². The molecule has 254 valence electrons. The SMILES string of the molecule is COc1cc2cc(c1Cl)N(C)C(=O)C[C@H](OC(=O)[C@H](C)N(C)C)[C@]1(C)O[C@H]1[C@H](C)C1C[C@@](O)(NC(=O)O1)[C@H](OC)/C=C/C=C(\C)C2. The molecule has 1 unspecified atom stereocenters. The van der Waals surface area contributed by atoms with E-state index in [0.717, 1.165) is 11.1 Å². The van der Waals surface area contributed by atoms with Gasteiger partial charge in [0, 0.05) is 26.5 Å². The van der Waals surface area contributed by atoms with Crippen LogP contribution in [0, 0.1) is 5.92 Å². The number of nitrogens with zero attached hydrogens (tertiary/aromatic N) is 2. The van der Waals surface area contributed by atoms with Crippen molar-refractivity contribution in [1.82, 2.24) is 10.2 Å². The van der Waals surface area contributed by atoms with Gasteiger partial charge in [-0.3, -0.25) is 19.8 Å². The molecule has 8 atom stereocenters. The highest BCUT2D eigenvalue weighted by Gasteiger charge is 2.64. The van der Waals surface area contributed by atoms with Crippen molar-refractivity contribution in [3.05, 3.63) is 46.5 Å². The number of likely N-dealkylation sites (N-methyl/N-ethyl adjacent to an activating group) is 1. The Morgan fingerprint density at radius 1 is 1.26 bits per heavy atom. The number of alkyl carbamates (subject to hydrolysis) is 1. The van der Waals surface area contributed by atoms with Crippen LogP contribution in [0.5, 0.6) is 5.75 Å². The van der Waals surface area contributed by atoms with Gasteiger partial charge in [0.25, 0.3) is 0 Å². The molecule has 0 aliphatic carbocycles. The Hall–Kier alpha value is -3.16. The molecule has 3 aliphatic heterocycles. The Balaban J connectivity index is 1.80. The van der Waals surface area contributed by atoms with Crippen molar-refractivity contribution in [2.24, 2.45) is 5.92 Å². The average Bonchev–Trinajstić information content (AvgIpc) is 3.69. The van der Waals surface area contributed by atoms with Crippen molar-refractivity contribution >= 4 is 35.3 Å². The number of benzene rings is 1. The number of hydrogen-bond acceptors (Lipinski definition) is 10. The zero-order valence-electron chi connectivity index (χ0n) is 28.0. The molecule has 0 aromatic heterocycles. The highest BCUT2D eigenvalue weighted by atomic mass is 35.5. The van der Waals surface area contributed by atoms with E-state index in [2.05, 4.69) is 5.32 Å². The van der Waals surface area contributed by atoms with Crippen molar-refractivity contribution < 1.29 is 43.2 Å². The van der Waals surface area contributed by atoms with Gasteiger partial charge in [0.05, 0.1) is 25.3 Å². The molecule has 46 heavy (non-hydrogen) atoms. The summed E-state index contributed by atoms with van der Waals surface area (Å²) in [7, 11) is 8.07. The Kier molecular flexibility index (Phi) is 10.8. The number of nitrogens with one attached hydrogen (secondary N) is 1. The minimum absolute atomic E-state index is 0.00466. The van der Waals surface area contributed by atoms with E-state index >= 15 is 0 Å². The van der Waals surface area contributed by atoms with Gasteiger partial charge in [-0.25, -0.2) is 4.79 Å². The first-order valence-corrected chi connectivity index (χ1v) is 15.7. The van der Waals surface area contributed by atoms with Gasteiger partial charge >= 0.3 is 12.1 Å². The maximum absolute atomic E-state index is 13.9. The third-order valence-electron chi connectivity index (χ3n) is 9.32. The number of anilines is 1. The van der Waals surface area contributed by atoms with Crippen LogP contribution in [-0.2, 0) is 35.0 Å². The number of methoxy groups -OCH3 is 2. The summed E-state index contributed by atoms with van der Waals surface area (Å²) in [5.74, 6) is -0.933. The van der Waals surface area contributed by atoms with Crippen molar-refractivity contribution in [3.8, 4) is 5.75 Å². The highest BCUT2D eigenvalue weighted by molar-refractivity contribution is 6.35. The first-order valence-electron chi connectivity index (χ1n) is 15.3. The highest BCUT2D eigenvalue weighted by Crippen LogP contribution is 2.49. The van der Waals surface area contributed by atoms with Crippen LogP contribution in [-0.4, -0.2) is 105 Å². The molecule has 3 aliphatic rings. The molecule has 13 heteroatoms. The molecule has 1 aromatic carbocycles. The number of halogens is 1. The van der Waals surface area contributed by atoms with Gasteiger partial charge < -0.3 is 33.7 Å². The standard InChI is InChI=1S/C33H46ClN3O9/c1-18-11-10-12-25(43-9)33(41)17-24(44-31(40)35-33)19(2)29-32(4,46-29)26(45-30(39)20(3)36(5)6)16-27(38)37(7)22-14-21(13-18)15-23(42-8)28(22)34/h10-12,14-15,19-20,24-26,29,41H,13,16-17H2,1-9H3,(H,35,40)/b12-10+,18-11+/t19-,20+,24?,25-,26+,29+,32+,33+/m1/s1. The number of aliphatic hydroxyl groups is 1. The van der Waals surface area contributed by atoms with Crippen molar-refractivity contribution in [1.29, 1.82) is 0 Å². The van der Waals surface area contributed by atoms with Gasteiger partial charge in [-0.05, 0) is 59.0 Å². The largest absolute Gasteiger partial charge is 0.495 e. The topological polar surface area (TPSA) is 139 Å². The van der Waals surface area contributed by atoms with Crippen LogP contribution in [0.15, 0.2) is 35.9 Å². The molecular weight excluding hydrogens is 618 g/mol. The zero-order chi connectivity index (χ0) is 34.1. The minimum atomic E-state index is -1.78. The van der Waals surface area contributed by atoms with Crippen LogP contribution in [0.4, 0.5) is 10.5 Å². The molecule has 2 saturated heterocycles. The van der Waals surface area contributed by atoms with E-state index in [1.165, 1.54) is 19.1 Å². The van der Waals surface area contributed by atoms with E-state index in [-0.39, 0.29) is 23.8 Å². The normalized spacial score (nSPS) is 34.4. The van der Waals surface area contributed by atoms with E-state index in [9.17, 15) is 19.5 Å². The summed E-state index contributed by atoms with van der Waals surface area (Å²) in [5, 5.41) is 14.4. The number of ether oxygens (including phenoxy) is 5. The van der Waals surface area contributed by atoms with E-state index in [1.807, 2.05) is 32.1 Å². The first-order chi connectivity index (χ1) is 21.5. The summed E-state index contributed by atoms with van der Waals surface area (Å²) >= 11 is 6.71. The van der Waals surface area contributed by atoms with Gasteiger partial charge in [-0.1, -0.05) is 42.3 Å². The molecule has 0 spiro atoms.